The summed E-state index contributed by atoms with van der Waals surface area (Å²) in [5.41, 5.74) is 6.15. The van der Waals surface area contributed by atoms with Gasteiger partial charge in [0.25, 0.3) is 0 Å². The molecule has 0 aromatic carbocycles. The minimum absolute atomic E-state index is 0.0357. The Morgan fingerprint density at radius 2 is 2.00 bits per heavy atom. The minimum Gasteiger partial charge on any atom is -0.495 e. The van der Waals surface area contributed by atoms with E-state index >= 15 is 0 Å². The molecule has 116 valence electrons. The number of ether oxygens (including phenoxy) is 1. The molecular weight excluding hydrogens is 287 g/mol. The number of piperidine rings is 1. The van der Waals surface area contributed by atoms with Crippen molar-refractivity contribution >= 4 is 5.91 Å². The quantitative estimate of drug-likeness (QED) is 0.897. The summed E-state index contributed by atoms with van der Waals surface area (Å²) in [6.45, 7) is -0.0713. The summed E-state index contributed by atoms with van der Waals surface area (Å²) in [4.78, 5) is 16.0. The molecule has 2 heterocycles. The van der Waals surface area contributed by atoms with Crippen LogP contribution in [0.2, 0.25) is 0 Å². The van der Waals surface area contributed by atoms with E-state index in [4.69, 9.17) is 10.5 Å². The maximum Gasteiger partial charge on any atom is 0.471 e. The van der Waals surface area contributed by atoms with Crippen LogP contribution >= 0.6 is 0 Å². The molecule has 0 radical (unpaired) electrons. The van der Waals surface area contributed by atoms with Gasteiger partial charge in [0.1, 0.15) is 5.75 Å². The van der Waals surface area contributed by atoms with E-state index in [0.29, 0.717) is 11.3 Å². The number of nitrogens with zero attached hydrogens (tertiary/aromatic N) is 2. The van der Waals surface area contributed by atoms with Gasteiger partial charge in [-0.05, 0) is 24.5 Å². The Hall–Kier alpha value is -1.83. The van der Waals surface area contributed by atoms with Gasteiger partial charge in [0.15, 0.2) is 0 Å². The zero-order valence-corrected chi connectivity index (χ0v) is 11.5. The number of rotatable bonds is 2. The molecule has 0 aliphatic carbocycles. The lowest BCUT2D eigenvalue weighted by Crippen LogP contribution is -2.52. The maximum absolute atomic E-state index is 12.4. The van der Waals surface area contributed by atoms with Crippen LogP contribution in [0.3, 0.4) is 0 Å². The van der Waals surface area contributed by atoms with Gasteiger partial charge in [0.05, 0.1) is 13.3 Å². The fourth-order valence-corrected chi connectivity index (χ4v) is 2.38. The van der Waals surface area contributed by atoms with Crippen LogP contribution in [-0.2, 0) is 10.3 Å². The highest BCUT2D eigenvalue weighted by atomic mass is 19.4. The molecule has 1 aromatic rings. The number of hydrogen-bond donors (Lipinski definition) is 1. The highest BCUT2D eigenvalue weighted by Gasteiger charge is 2.45. The van der Waals surface area contributed by atoms with Crippen LogP contribution in [0.5, 0.6) is 5.75 Å². The SMILES string of the molecule is COc1cncc(C2(N)CCN(C(=O)C(F)(F)F)CC2)c1. The molecule has 1 aromatic heterocycles. The van der Waals surface area contributed by atoms with E-state index in [9.17, 15) is 18.0 Å². The number of carbonyl (C=O) groups is 1. The van der Waals surface area contributed by atoms with E-state index in [1.165, 1.54) is 13.3 Å². The largest absolute Gasteiger partial charge is 0.495 e. The molecule has 0 atom stereocenters. The van der Waals surface area contributed by atoms with Gasteiger partial charge in [-0.25, -0.2) is 0 Å². The fraction of sp³-hybridized carbons (Fsp3) is 0.538. The third kappa shape index (κ3) is 3.26. The zero-order valence-electron chi connectivity index (χ0n) is 11.5. The van der Waals surface area contributed by atoms with Crippen molar-refractivity contribution in [2.24, 2.45) is 5.73 Å². The summed E-state index contributed by atoms with van der Waals surface area (Å²) in [6, 6.07) is 1.72. The highest BCUT2D eigenvalue weighted by Crippen LogP contribution is 2.33. The number of hydrogen-bond acceptors (Lipinski definition) is 4. The second-order valence-electron chi connectivity index (χ2n) is 5.06. The zero-order chi connectivity index (χ0) is 15.7. The number of halogens is 3. The first-order valence-electron chi connectivity index (χ1n) is 6.41. The number of pyridine rings is 1. The first-order valence-corrected chi connectivity index (χ1v) is 6.41. The van der Waals surface area contributed by atoms with Gasteiger partial charge in [-0.1, -0.05) is 0 Å². The Bertz CT molecular complexity index is 526. The Labute approximate surface area is 119 Å². The molecule has 1 saturated heterocycles. The van der Waals surface area contributed by atoms with Crippen molar-refractivity contribution in [3.63, 3.8) is 0 Å². The number of carbonyl (C=O) groups excluding carboxylic acids is 1. The lowest BCUT2D eigenvalue weighted by atomic mass is 9.82. The lowest BCUT2D eigenvalue weighted by molar-refractivity contribution is -0.186. The number of nitrogens with two attached hydrogens (primary N) is 1. The molecule has 1 amide bonds. The van der Waals surface area contributed by atoms with E-state index < -0.39 is 17.6 Å². The van der Waals surface area contributed by atoms with Crippen molar-refractivity contribution < 1.29 is 22.7 Å². The lowest BCUT2D eigenvalue weighted by Gasteiger charge is -2.39. The molecule has 0 spiro atoms. The van der Waals surface area contributed by atoms with E-state index in [0.717, 1.165) is 4.90 Å². The molecule has 21 heavy (non-hydrogen) atoms. The van der Waals surface area contributed by atoms with Crippen LogP contribution < -0.4 is 10.5 Å². The van der Waals surface area contributed by atoms with Gasteiger partial charge >= 0.3 is 12.1 Å². The van der Waals surface area contributed by atoms with Crippen molar-refractivity contribution in [1.29, 1.82) is 0 Å². The van der Waals surface area contributed by atoms with Gasteiger partial charge in [0, 0.05) is 24.8 Å². The molecule has 1 aliphatic rings. The normalized spacial score (nSPS) is 18.4. The monoisotopic (exact) mass is 303 g/mol. The second-order valence-corrected chi connectivity index (χ2v) is 5.06. The Morgan fingerprint density at radius 1 is 1.38 bits per heavy atom. The Balaban J connectivity index is 2.10. The predicted molar refractivity (Wildman–Crippen MR) is 68.5 cm³/mol. The molecule has 1 aliphatic heterocycles. The molecule has 0 saturated carbocycles. The molecule has 5 nitrogen and oxygen atoms in total. The van der Waals surface area contributed by atoms with Crippen molar-refractivity contribution in [3.05, 3.63) is 24.0 Å². The topological polar surface area (TPSA) is 68.5 Å². The average molecular weight is 303 g/mol. The summed E-state index contributed by atoms with van der Waals surface area (Å²) < 4.78 is 42.3. The van der Waals surface area contributed by atoms with E-state index in [2.05, 4.69) is 4.98 Å². The molecule has 1 fully saturated rings. The van der Waals surface area contributed by atoms with E-state index in [-0.39, 0.29) is 25.9 Å². The fourth-order valence-electron chi connectivity index (χ4n) is 2.38. The van der Waals surface area contributed by atoms with E-state index in [1.54, 1.807) is 12.3 Å². The standard InChI is InChI=1S/C13H16F3N3O2/c1-21-10-6-9(7-18-8-10)12(17)2-4-19(5-3-12)11(20)13(14,15)16/h6-8H,2-5,17H2,1H3. The first-order chi connectivity index (χ1) is 9.76. The molecule has 2 N–H and O–H groups in total. The van der Waals surface area contributed by atoms with Gasteiger partial charge < -0.3 is 15.4 Å². The number of alkyl halides is 3. The summed E-state index contributed by atoms with van der Waals surface area (Å²) in [7, 11) is 1.49. The van der Waals surface area contributed by atoms with Crippen LogP contribution in [0, 0.1) is 0 Å². The summed E-state index contributed by atoms with van der Waals surface area (Å²) in [6.07, 6.45) is -1.27. The van der Waals surface area contributed by atoms with Gasteiger partial charge in [-0.15, -0.1) is 0 Å². The molecule has 0 bridgehead atoms. The van der Waals surface area contributed by atoms with Crippen LogP contribution in [-0.4, -0.2) is 42.2 Å². The highest BCUT2D eigenvalue weighted by molar-refractivity contribution is 5.82. The third-order valence-corrected chi connectivity index (χ3v) is 3.71. The third-order valence-electron chi connectivity index (χ3n) is 3.71. The number of aromatic nitrogens is 1. The van der Waals surface area contributed by atoms with Crippen molar-refractivity contribution in [3.8, 4) is 5.75 Å². The molecular formula is C13H16F3N3O2. The molecule has 0 unspecified atom stereocenters. The van der Waals surface area contributed by atoms with Gasteiger partial charge in [-0.3, -0.25) is 9.78 Å². The van der Waals surface area contributed by atoms with Gasteiger partial charge in [-0.2, -0.15) is 13.2 Å². The Kier molecular flexibility index (Phi) is 4.08. The van der Waals surface area contributed by atoms with E-state index in [1.807, 2.05) is 0 Å². The smallest absolute Gasteiger partial charge is 0.471 e. The minimum atomic E-state index is -4.84. The summed E-state index contributed by atoms with van der Waals surface area (Å²) in [5, 5.41) is 0. The maximum atomic E-state index is 12.4. The summed E-state index contributed by atoms with van der Waals surface area (Å²) >= 11 is 0. The second kappa shape index (κ2) is 5.51. The summed E-state index contributed by atoms with van der Waals surface area (Å²) in [5.74, 6) is -1.28. The van der Waals surface area contributed by atoms with Gasteiger partial charge in [0.2, 0.25) is 0 Å². The number of amides is 1. The predicted octanol–water partition coefficient (Wildman–Crippen LogP) is 1.43. The first kappa shape index (κ1) is 15.6. The number of likely N-dealkylation sites (tertiary alicyclic amines) is 1. The number of methoxy groups -OCH3 is 1. The Morgan fingerprint density at radius 3 is 2.52 bits per heavy atom. The molecule has 8 heteroatoms. The van der Waals surface area contributed by atoms with Crippen LogP contribution in [0.15, 0.2) is 18.5 Å². The van der Waals surface area contributed by atoms with Crippen LogP contribution in [0.4, 0.5) is 13.2 Å². The van der Waals surface area contributed by atoms with Crippen LogP contribution in [0.25, 0.3) is 0 Å². The van der Waals surface area contributed by atoms with Crippen molar-refractivity contribution in [2.45, 2.75) is 24.6 Å². The molecule has 2 rings (SSSR count). The van der Waals surface area contributed by atoms with Crippen molar-refractivity contribution in [2.75, 3.05) is 20.2 Å². The van der Waals surface area contributed by atoms with Crippen LogP contribution in [0.1, 0.15) is 18.4 Å². The van der Waals surface area contributed by atoms with Crippen molar-refractivity contribution in [1.82, 2.24) is 9.88 Å². The average Bonchev–Trinajstić information content (AvgIpc) is 2.46.